The maximum atomic E-state index is 12.3. The standard InChI is InChI=1S/C21H17N3O4/c1-24-8-7-21(26,20(24)25)19-11-17(23-28-19)15-4-2-3-13(9-15)14-5-6-16-18(10-14)27-12-22-16/h2-6,9-12,26H,7-8H2,1H3/t21-/m1/s1. The minimum absolute atomic E-state index is 0.172. The Balaban J connectivity index is 1.50. The number of hydrogen-bond acceptors (Lipinski definition) is 6. The largest absolute Gasteiger partial charge is 0.443 e. The zero-order chi connectivity index (χ0) is 19.3. The fourth-order valence-electron chi connectivity index (χ4n) is 3.58. The minimum atomic E-state index is -1.64. The summed E-state index contributed by atoms with van der Waals surface area (Å²) in [7, 11) is 1.66. The Morgan fingerprint density at radius 1 is 1.11 bits per heavy atom. The normalized spacial score (nSPS) is 19.6. The molecule has 0 bridgehead atoms. The molecule has 7 nitrogen and oxygen atoms in total. The van der Waals surface area contributed by atoms with Crippen LogP contribution in [0.1, 0.15) is 12.2 Å². The van der Waals surface area contributed by atoms with E-state index in [1.807, 2.05) is 42.5 Å². The van der Waals surface area contributed by atoms with E-state index in [4.69, 9.17) is 8.94 Å². The van der Waals surface area contributed by atoms with Crippen LogP contribution in [-0.4, -0.2) is 39.6 Å². The maximum absolute atomic E-state index is 12.3. The van der Waals surface area contributed by atoms with Crippen molar-refractivity contribution in [3.05, 3.63) is 60.7 Å². The van der Waals surface area contributed by atoms with Crippen molar-refractivity contribution in [3.63, 3.8) is 0 Å². The van der Waals surface area contributed by atoms with Crippen LogP contribution in [0, 0.1) is 0 Å². The number of hydrogen-bond donors (Lipinski definition) is 1. The Morgan fingerprint density at radius 2 is 1.93 bits per heavy atom. The summed E-state index contributed by atoms with van der Waals surface area (Å²) in [6.07, 6.45) is 1.71. The minimum Gasteiger partial charge on any atom is -0.443 e. The highest BCUT2D eigenvalue weighted by Gasteiger charge is 2.48. The zero-order valence-electron chi connectivity index (χ0n) is 15.1. The molecule has 0 spiro atoms. The first-order chi connectivity index (χ1) is 13.5. The van der Waals surface area contributed by atoms with Crippen molar-refractivity contribution in [1.82, 2.24) is 15.0 Å². The van der Waals surface area contributed by atoms with Crippen LogP contribution in [0.2, 0.25) is 0 Å². The molecule has 5 rings (SSSR count). The fourth-order valence-corrected chi connectivity index (χ4v) is 3.58. The maximum Gasteiger partial charge on any atom is 0.262 e. The molecule has 1 saturated heterocycles. The number of likely N-dealkylation sites (N-methyl/N-ethyl adjacent to an activating group) is 1. The Morgan fingerprint density at radius 3 is 2.75 bits per heavy atom. The van der Waals surface area contributed by atoms with Crippen LogP contribution in [0.25, 0.3) is 33.5 Å². The number of carbonyl (C=O) groups excluding carboxylic acids is 1. The molecular weight excluding hydrogens is 358 g/mol. The average Bonchev–Trinajstić information content (AvgIpc) is 3.45. The molecule has 1 aliphatic heterocycles. The first-order valence-electron chi connectivity index (χ1n) is 8.94. The van der Waals surface area contributed by atoms with E-state index in [9.17, 15) is 9.90 Å². The second kappa shape index (κ2) is 6.03. The van der Waals surface area contributed by atoms with Crippen molar-refractivity contribution in [2.45, 2.75) is 12.0 Å². The Kier molecular flexibility index (Phi) is 3.60. The lowest BCUT2D eigenvalue weighted by molar-refractivity contribution is -0.144. The van der Waals surface area contributed by atoms with E-state index >= 15 is 0 Å². The van der Waals surface area contributed by atoms with Crippen LogP contribution in [0.5, 0.6) is 0 Å². The molecular formula is C21H17N3O4. The third-order valence-electron chi connectivity index (χ3n) is 5.25. The SMILES string of the molecule is CN1CC[C@@](O)(c2cc(-c3cccc(-c4ccc5ncoc5c4)c3)no2)C1=O. The predicted octanol–water partition coefficient (Wildman–Crippen LogP) is 3.20. The summed E-state index contributed by atoms with van der Waals surface area (Å²) < 4.78 is 10.7. The van der Waals surface area contributed by atoms with E-state index in [0.717, 1.165) is 27.8 Å². The van der Waals surface area contributed by atoms with Crippen molar-refractivity contribution in [1.29, 1.82) is 0 Å². The summed E-state index contributed by atoms with van der Waals surface area (Å²) in [6, 6.07) is 15.3. The molecule has 28 heavy (non-hydrogen) atoms. The Bertz CT molecular complexity index is 1200. The molecule has 0 unspecified atom stereocenters. The van der Waals surface area contributed by atoms with Gasteiger partial charge in [-0.15, -0.1) is 0 Å². The van der Waals surface area contributed by atoms with Gasteiger partial charge >= 0.3 is 0 Å². The highest BCUT2D eigenvalue weighted by Crippen LogP contribution is 2.35. The van der Waals surface area contributed by atoms with Crippen LogP contribution in [0.15, 0.2) is 63.9 Å². The number of nitrogens with zero attached hydrogens (tertiary/aromatic N) is 3. The predicted molar refractivity (Wildman–Crippen MR) is 101 cm³/mol. The number of benzene rings is 2. The molecule has 2 aromatic carbocycles. The van der Waals surface area contributed by atoms with Gasteiger partial charge in [0.05, 0.1) is 0 Å². The van der Waals surface area contributed by atoms with E-state index in [1.165, 1.54) is 11.3 Å². The van der Waals surface area contributed by atoms with E-state index in [1.54, 1.807) is 13.1 Å². The second-order valence-electron chi connectivity index (χ2n) is 7.03. The molecule has 4 aromatic rings. The topological polar surface area (TPSA) is 92.6 Å². The van der Waals surface area contributed by atoms with Gasteiger partial charge in [0.15, 0.2) is 17.7 Å². The number of likely N-dealkylation sites (tertiary alicyclic amines) is 1. The van der Waals surface area contributed by atoms with Crippen molar-refractivity contribution >= 4 is 17.0 Å². The summed E-state index contributed by atoms with van der Waals surface area (Å²) >= 11 is 0. The number of rotatable bonds is 3. The first kappa shape index (κ1) is 16.7. The first-order valence-corrected chi connectivity index (χ1v) is 8.94. The molecule has 0 radical (unpaired) electrons. The van der Waals surface area contributed by atoms with Gasteiger partial charge in [0.25, 0.3) is 5.91 Å². The molecule has 1 fully saturated rings. The molecule has 1 N–H and O–H groups in total. The second-order valence-corrected chi connectivity index (χ2v) is 7.03. The van der Waals surface area contributed by atoms with Crippen molar-refractivity contribution < 1.29 is 18.8 Å². The molecule has 3 heterocycles. The third kappa shape index (κ3) is 2.51. The highest BCUT2D eigenvalue weighted by molar-refractivity contribution is 5.88. The number of amides is 1. The van der Waals surface area contributed by atoms with Gasteiger partial charge in [0.1, 0.15) is 11.2 Å². The van der Waals surface area contributed by atoms with Crippen LogP contribution < -0.4 is 0 Å². The average molecular weight is 375 g/mol. The highest BCUT2D eigenvalue weighted by atomic mass is 16.5. The molecule has 2 aromatic heterocycles. The molecule has 1 aliphatic rings. The van der Waals surface area contributed by atoms with Crippen LogP contribution >= 0.6 is 0 Å². The summed E-state index contributed by atoms with van der Waals surface area (Å²) in [5, 5.41) is 14.8. The summed E-state index contributed by atoms with van der Waals surface area (Å²) in [5.41, 5.74) is 3.24. The van der Waals surface area contributed by atoms with Gasteiger partial charge in [-0.1, -0.05) is 29.4 Å². The zero-order valence-corrected chi connectivity index (χ0v) is 15.1. The molecule has 1 amide bonds. The van der Waals surface area contributed by atoms with Gasteiger partial charge in [-0.3, -0.25) is 4.79 Å². The third-order valence-corrected chi connectivity index (χ3v) is 5.25. The molecule has 1 atom stereocenters. The molecule has 140 valence electrons. The van der Waals surface area contributed by atoms with Gasteiger partial charge in [-0.05, 0) is 29.3 Å². The Labute approximate surface area is 160 Å². The summed E-state index contributed by atoms with van der Waals surface area (Å²) in [4.78, 5) is 17.9. The van der Waals surface area contributed by atoms with Gasteiger partial charge in [-0.25, -0.2) is 4.98 Å². The van der Waals surface area contributed by atoms with E-state index in [2.05, 4.69) is 10.1 Å². The van der Waals surface area contributed by atoms with Crippen molar-refractivity contribution in [2.24, 2.45) is 0 Å². The number of oxazole rings is 1. The van der Waals surface area contributed by atoms with Gasteiger partial charge in [-0.2, -0.15) is 0 Å². The molecule has 0 aliphatic carbocycles. The van der Waals surface area contributed by atoms with Crippen LogP contribution in [0.3, 0.4) is 0 Å². The number of carbonyl (C=O) groups is 1. The Hall–Kier alpha value is -3.45. The number of fused-ring (bicyclic) bond motifs is 1. The lowest BCUT2D eigenvalue weighted by Crippen LogP contribution is -2.35. The van der Waals surface area contributed by atoms with Gasteiger partial charge in [0.2, 0.25) is 5.60 Å². The smallest absolute Gasteiger partial charge is 0.262 e. The van der Waals surface area contributed by atoms with Crippen molar-refractivity contribution in [2.75, 3.05) is 13.6 Å². The van der Waals surface area contributed by atoms with Gasteiger partial charge < -0.3 is 18.9 Å². The van der Waals surface area contributed by atoms with E-state index in [0.29, 0.717) is 12.2 Å². The van der Waals surface area contributed by atoms with Crippen LogP contribution in [0.4, 0.5) is 0 Å². The number of aromatic nitrogens is 2. The van der Waals surface area contributed by atoms with E-state index in [-0.39, 0.29) is 18.1 Å². The lowest BCUT2D eigenvalue weighted by atomic mass is 9.97. The number of aliphatic hydroxyl groups is 1. The molecule has 7 heteroatoms. The fraction of sp³-hybridized carbons (Fsp3) is 0.190. The summed E-state index contributed by atoms with van der Waals surface area (Å²) in [6.45, 7) is 0.477. The quantitative estimate of drug-likeness (QED) is 0.591. The van der Waals surface area contributed by atoms with E-state index < -0.39 is 5.60 Å². The van der Waals surface area contributed by atoms with Crippen LogP contribution in [-0.2, 0) is 10.4 Å². The van der Waals surface area contributed by atoms with Crippen molar-refractivity contribution in [3.8, 4) is 22.4 Å². The lowest BCUT2D eigenvalue weighted by Gasteiger charge is -2.16. The van der Waals surface area contributed by atoms with Gasteiger partial charge in [0, 0.05) is 31.6 Å². The summed E-state index contributed by atoms with van der Waals surface area (Å²) in [5.74, 6) is -0.199. The monoisotopic (exact) mass is 375 g/mol. The molecule has 0 saturated carbocycles.